The third-order valence-corrected chi connectivity index (χ3v) is 6.55. The van der Waals surface area contributed by atoms with Crippen LogP contribution in [0.25, 0.3) is 22.2 Å². The van der Waals surface area contributed by atoms with Gasteiger partial charge in [0.25, 0.3) is 0 Å². The number of nitriles is 1. The second kappa shape index (κ2) is 10.1. The first kappa shape index (κ1) is 25.1. The van der Waals surface area contributed by atoms with Crippen LogP contribution in [0.5, 0.6) is 0 Å². The first-order valence-corrected chi connectivity index (χ1v) is 11.7. The van der Waals surface area contributed by atoms with Gasteiger partial charge in [-0.05, 0) is 28.8 Å². The summed E-state index contributed by atoms with van der Waals surface area (Å²) in [6.07, 6.45) is -3.73. The second-order valence-electron chi connectivity index (χ2n) is 8.83. The predicted molar refractivity (Wildman–Crippen MR) is 136 cm³/mol. The van der Waals surface area contributed by atoms with Gasteiger partial charge in [-0.3, -0.25) is 4.57 Å². The van der Waals surface area contributed by atoms with Gasteiger partial charge in [0.2, 0.25) is 0 Å². The van der Waals surface area contributed by atoms with Crippen molar-refractivity contribution >= 4 is 28.6 Å². The summed E-state index contributed by atoms with van der Waals surface area (Å²) in [6, 6.07) is 16.2. The van der Waals surface area contributed by atoms with E-state index in [4.69, 9.17) is 10.5 Å². The Morgan fingerprint density at radius 1 is 1.13 bits per heavy atom. The van der Waals surface area contributed by atoms with Gasteiger partial charge in [0, 0.05) is 6.54 Å². The van der Waals surface area contributed by atoms with Crippen LogP contribution in [0, 0.1) is 11.3 Å². The Morgan fingerprint density at radius 2 is 1.89 bits per heavy atom. The highest BCUT2D eigenvalue weighted by Crippen LogP contribution is 2.39. The summed E-state index contributed by atoms with van der Waals surface area (Å²) in [6.45, 7) is -0.261. The molecule has 1 fully saturated rings. The van der Waals surface area contributed by atoms with Gasteiger partial charge in [-0.25, -0.2) is 14.8 Å². The lowest BCUT2D eigenvalue weighted by atomic mass is 10.0. The molecule has 1 aliphatic heterocycles. The highest BCUT2D eigenvalue weighted by atomic mass is 16.6. The number of hydrogen-bond acceptors (Lipinski definition) is 10. The lowest BCUT2D eigenvalue weighted by Crippen LogP contribution is -2.33. The molecule has 1 aliphatic rings. The number of rotatable bonds is 7. The molecule has 12 heteroatoms. The summed E-state index contributed by atoms with van der Waals surface area (Å²) in [5.74, 6) is -0.688. The number of anilines is 2. The van der Waals surface area contributed by atoms with Crippen LogP contribution in [0.1, 0.15) is 27.7 Å². The molecule has 2 aromatic heterocycles. The highest BCUT2D eigenvalue weighted by molar-refractivity contribution is 5.97. The van der Waals surface area contributed by atoms with E-state index < -0.39 is 37.1 Å². The maximum Gasteiger partial charge on any atom is 0.335 e. The molecule has 4 aromatic rings. The first-order chi connectivity index (χ1) is 18.3. The molecule has 0 unspecified atom stereocenters. The van der Waals surface area contributed by atoms with Gasteiger partial charge in [0.05, 0.1) is 17.6 Å². The van der Waals surface area contributed by atoms with E-state index in [9.17, 15) is 30.5 Å². The molecule has 12 nitrogen and oxygen atoms in total. The van der Waals surface area contributed by atoms with Gasteiger partial charge in [0.15, 0.2) is 11.9 Å². The number of carboxylic acid groups (broad SMARTS) is 1. The molecule has 1 saturated heterocycles. The second-order valence-corrected chi connectivity index (χ2v) is 8.83. The van der Waals surface area contributed by atoms with E-state index in [0.717, 1.165) is 16.7 Å². The van der Waals surface area contributed by atoms with Crippen LogP contribution in [0.3, 0.4) is 0 Å². The molecular weight excluding hydrogens is 492 g/mol. The third kappa shape index (κ3) is 4.29. The molecule has 7 N–H and O–H groups in total. The van der Waals surface area contributed by atoms with Crippen LogP contribution < -0.4 is 11.1 Å². The van der Waals surface area contributed by atoms with Crippen molar-refractivity contribution in [2.75, 3.05) is 17.7 Å². The standard InChI is InChI=1S/C26H24N6O6/c27-9-17-19-22(28)30-12-31-24(19)32(25-21(35)20(34)18(11-33)38-25)23(17)29-10-13-4-6-14(7-5-13)15-2-1-3-16(8-15)26(36)37/h1-8,12,18,20-21,25,29,33-35H,10-11H2,(H,36,37)(H2,28,30,31)/t18-,20-,21-,25-/m1/s1. The third-order valence-electron chi connectivity index (χ3n) is 6.55. The maximum absolute atomic E-state index is 11.3. The number of ether oxygens (including phenoxy) is 1. The quantitative estimate of drug-likeness (QED) is 0.208. The zero-order valence-electron chi connectivity index (χ0n) is 19.9. The molecule has 194 valence electrons. The van der Waals surface area contributed by atoms with E-state index in [-0.39, 0.29) is 40.3 Å². The number of benzene rings is 2. The van der Waals surface area contributed by atoms with Gasteiger partial charge < -0.3 is 36.2 Å². The van der Waals surface area contributed by atoms with Crippen molar-refractivity contribution < 1.29 is 30.0 Å². The first-order valence-electron chi connectivity index (χ1n) is 11.7. The van der Waals surface area contributed by atoms with Gasteiger partial charge in [-0.2, -0.15) is 5.26 Å². The fourth-order valence-electron chi connectivity index (χ4n) is 4.61. The van der Waals surface area contributed by atoms with E-state index in [1.807, 2.05) is 30.3 Å². The average Bonchev–Trinajstić information content (AvgIpc) is 3.41. The Bertz CT molecular complexity index is 1550. The van der Waals surface area contributed by atoms with Crippen LogP contribution in [0.15, 0.2) is 54.9 Å². The number of nitrogens with one attached hydrogen (secondary N) is 1. The number of nitrogen functional groups attached to an aromatic ring is 1. The van der Waals surface area contributed by atoms with Crippen LogP contribution in [0.2, 0.25) is 0 Å². The lowest BCUT2D eigenvalue weighted by Gasteiger charge is -2.21. The van der Waals surface area contributed by atoms with E-state index in [0.29, 0.717) is 0 Å². The van der Waals surface area contributed by atoms with Gasteiger partial charge in [-0.1, -0.05) is 36.4 Å². The molecule has 4 atom stereocenters. The Labute approximate surface area is 216 Å². The fraction of sp³-hybridized carbons (Fsp3) is 0.231. The molecule has 3 heterocycles. The monoisotopic (exact) mass is 516 g/mol. The van der Waals surface area contributed by atoms with Gasteiger partial charge in [-0.15, -0.1) is 0 Å². The number of aliphatic hydroxyl groups excluding tert-OH is 3. The number of nitrogens with two attached hydrogens (primary N) is 1. The SMILES string of the molecule is N#Cc1c(NCc2ccc(-c3cccc(C(=O)O)c3)cc2)n([C@@H]2O[C@H](CO)[C@@H](O)[C@H]2O)c2ncnc(N)c12. The largest absolute Gasteiger partial charge is 0.478 e. The molecule has 2 aromatic carbocycles. The van der Waals surface area contributed by atoms with E-state index in [2.05, 4.69) is 21.4 Å². The number of carbonyl (C=O) groups is 1. The molecule has 0 amide bonds. The molecule has 0 aliphatic carbocycles. The minimum Gasteiger partial charge on any atom is -0.478 e. The summed E-state index contributed by atoms with van der Waals surface area (Å²) >= 11 is 0. The Kier molecular flexibility index (Phi) is 6.66. The van der Waals surface area contributed by atoms with Crippen LogP contribution in [-0.2, 0) is 11.3 Å². The van der Waals surface area contributed by atoms with Crippen LogP contribution in [0.4, 0.5) is 11.6 Å². The summed E-state index contributed by atoms with van der Waals surface area (Å²) in [5, 5.41) is 53.3. The molecule has 0 spiro atoms. The van der Waals surface area contributed by atoms with Crippen molar-refractivity contribution in [1.82, 2.24) is 14.5 Å². The normalized spacial score (nSPS) is 20.9. The van der Waals surface area contributed by atoms with Crippen molar-refractivity contribution in [2.24, 2.45) is 0 Å². The Hall–Kier alpha value is -4.54. The smallest absolute Gasteiger partial charge is 0.335 e. The van der Waals surface area contributed by atoms with Gasteiger partial charge >= 0.3 is 5.97 Å². The average molecular weight is 517 g/mol. The molecule has 38 heavy (non-hydrogen) atoms. The van der Waals surface area contributed by atoms with Crippen LogP contribution in [-0.4, -0.2) is 65.8 Å². The summed E-state index contributed by atoms with van der Waals surface area (Å²) in [7, 11) is 0. The van der Waals surface area contributed by atoms with Crippen LogP contribution >= 0.6 is 0 Å². The summed E-state index contributed by atoms with van der Waals surface area (Å²) in [4.78, 5) is 19.5. The number of carboxylic acids is 1. The van der Waals surface area contributed by atoms with Crippen molar-refractivity contribution in [3.05, 3.63) is 71.5 Å². The molecule has 0 radical (unpaired) electrons. The number of aromatic carboxylic acids is 1. The van der Waals surface area contributed by atoms with Crippen molar-refractivity contribution in [1.29, 1.82) is 5.26 Å². The number of aliphatic hydroxyl groups is 3. The number of fused-ring (bicyclic) bond motifs is 1. The zero-order chi connectivity index (χ0) is 27.0. The number of aromatic nitrogens is 3. The zero-order valence-corrected chi connectivity index (χ0v) is 19.9. The van der Waals surface area contributed by atoms with Crippen molar-refractivity contribution in [3.8, 4) is 17.2 Å². The van der Waals surface area contributed by atoms with E-state index in [1.54, 1.807) is 12.1 Å². The Balaban J connectivity index is 1.48. The van der Waals surface area contributed by atoms with Crippen molar-refractivity contribution in [2.45, 2.75) is 31.1 Å². The minimum atomic E-state index is -1.41. The molecule has 0 bridgehead atoms. The highest BCUT2D eigenvalue weighted by Gasteiger charge is 2.45. The van der Waals surface area contributed by atoms with Crippen molar-refractivity contribution in [3.63, 3.8) is 0 Å². The fourth-order valence-corrected chi connectivity index (χ4v) is 4.61. The van der Waals surface area contributed by atoms with E-state index in [1.165, 1.54) is 17.0 Å². The molecule has 0 saturated carbocycles. The maximum atomic E-state index is 11.3. The topological polar surface area (TPSA) is 200 Å². The lowest BCUT2D eigenvalue weighted by molar-refractivity contribution is -0.0499. The summed E-state index contributed by atoms with van der Waals surface area (Å²) < 4.78 is 7.18. The predicted octanol–water partition coefficient (Wildman–Crippen LogP) is 1.47. The number of nitrogens with zero attached hydrogens (tertiary/aromatic N) is 4. The molecular formula is C26H24N6O6. The minimum absolute atomic E-state index is 0.0630. The molecule has 5 rings (SSSR count). The van der Waals surface area contributed by atoms with Gasteiger partial charge in [0.1, 0.15) is 47.9 Å². The number of hydrogen-bond donors (Lipinski definition) is 6. The van der Waals surface area contributed by atoms with E-state index >= 15 is 0 Å². The summed E-state index contributed by atoms with van der Waals surface area (Å²) in [5.41, 5.74) is 9.04. The Morgan fingerprint density at radius 3 is 2.55 bits per heavy atom.